The Bertz CT molecular complexity index is 1380. The Kier molecular flexibility index (Phi) is 6.37. The highest BCUT2D eigenvalue weighted by Crippen LogP contribution is 2.29. The SMILES string of the molecule is Cc1c(/C=C(\C#N)C(=O)N[C@H](C)c2ccccc2)c2ccccc2n1Cc1cccc(F)c1. The Balaban J connectivity index is 1.70. The molecule has 0 aliphatic rings. The highest BCUT2D eigenvalue weighted by Gasteiger charge is 2.18. The molecule has 1 amide bonds. The number of halogens is 1. The van der Waals surface area contributed by atoms with Crippen molar-refractivity contribution >= 4 is 22.9 Å². The molecule has 1 aromatic heterocycles. The highest BCUT2D eigenvalue weighted by molar-refractivity contribution is 6.04. The molecule has 0 radical (unpaired) electrons. The second-order valence-electron chi connectivity index (χ2n) is 8.01. The summed E-state index contributed by atoms with van der Waals surface area (Å²) in [4.78, 5) is 12.9. The standard InChI is InChI=1S/C28H24FN3O/c1-19(22-10-4-3-5-11-22)31-28(33)23(17-30)16-26-20(2)32(27-14-7-6-13-25(26)27)18-21-9-8-12-24(29)15-21/h3-16,19H,18H2,1-2H3,(H,31,33)/b23-16+/t19-/m1/s1. The third-order valence-corrected chi connectivity index (χ3v) is 5.81. The largest absolute Gasteiger partial charge is 0.345 e. The Morgan fingerprint density at radius 1 is 1.09 bits per heavy atom. The van der Waals surface area contributed by atoms with Crippen molar-refractivity contribution in [3.63, 3.8) is 0 Å². The summed E-state index contributed by atoms with van der Waals surface area (Å²) in [6.07, 6.45) is 1.65. The fourth-order valence-corrected chi connectivity index (χ4v) is 4.05. The molecule has 164 valence electrons. The van der Waals surface area contributed by atoms with E-state index in [0.29, 0.717) is 6.54 Å². The first-order chi connectivity index (χ1) is 16.0. The van der Waals surface area contributed by atoms with Gasteiger partial charge in [-0.25, -0.2) is 4.39 Å². The van der Waals surface area contributed by atoms with Gasteiger partial charge in [0, 0.05) is 28.7 Å². The molecular weight excluding hydrogens is 413 g/mol. The Morgan fingerprint density at radius 3 is 2.55 bits per heavy atom. The van der Waals surface area contributed by atoms with E-state index in [1.807, 2.05) is 74.5 Å². The van der Waals surface area contributed by atoms with Crippen molar-refractivity contribution in [3.05, 3.63) is 113 Å². The van der Waals surface area contributed by atoms with Crippen molar-refractivity contribution < 1.29 is 9.18 Å². The minimum Gasteiger partial charge on any atom is -0.345 e. The van der Waals surface area contributed by atoms with Crippen LogP contribution in [0.15, 0.2) is 84.4 Å². The van der Waals surface area contributed by atoms with Crippen LogP contribution in [0.25, 0.3) is 17.0 Å². The van der Waals surface area contributed by atoms with Gasteiger partial charge in [0.1, 0.15) is 17.5 Å². The maximum Gasteiger partial charge on any atom is 0.262 e. The van der Waals surface area contributed by atoms with Crippen LogP contribution in [0.5, 0.6) is 0 Å². The lowest BCUT2D eigenvalue weighted by Gasteiger charge is -2.13. The molecule has 1 heterocycles. The number of hydrogen-bond acceptors (Lipinski definition) is 2. The van der Waals surface area contributed by atoms with Crippen LogP contribution in [-0.2, 0) is 11.3 Å². The molecular formula is C28H24FN3O. The van der Waals surface area contributed by atoms with Gasteiger partial charge in [0.25, 0.3) is 5.91 Å². The number of benzene rings is 3. The fraction of sp³-hybridized carbons (Fsp3) is 0.143. The van der Waals surface area contributed by atoms with E-state index < -0.39 is 5.91 Å². The van der Waals surface area contributed by atoms with E-state index in [9.17, 15) is 14.4 Å². The van der Waals surface area contributed by atoms with Crippen LogP contribution in [-0.4, -0.2) is 10.5 Å². The fourth-order valence-electron chi connectivity index (χ4n) is 4.05. The molecule has 0 fully saturated rings. The number of hydrogen-bond donors (Lipinski definition) is 1. The summed E-state index contributed by atoms with van der Waals surface area (Å²) < 4.78 is 15.8. The van der Waals surface area contributed by atoms with E-state index >= 15 is 0 Å². The second kappa shape index (κ2) is 9.54. The lowest BCUT2D eigenvalue weighted by Crippen LogP contribution is -2.27. The van der Waals surface area contributed by atoms with Crippen LogP contribution in [0.4, 0.5) is 4.39 Å². The van der Waals surface area contributed by atoms with E-state index in [1.54, 1.807) is 12.1 Å². The Morgan fingerprint density at radius 2 is 1.82 bits per heavy atom. The number of fused-ring (bicyclic) bond motifs is 1. The summed E-state index contributed by atoms with van der Waals surface area (Å²) in [5.74, 6) is -0.701. The molecule has 0 spiro atoms. The predicted molar refractivity (Wildman–Crippen MR) is 129 cm³/mol. The topological polar surface area (TPSA) is 57.8 Å². The average molecular weight is 438 g/mol. The number of aromatic nitrogens is 1. The number of carbonyl (C=O) groups excluding carboxylic acids is 1. The zero-order valence-electron chi connectivity index (χ0n) is 18.5. The van der Waals surface area contributed by atoms with Crippen molar-refractivity contribution in [1.29, 1.82) is 5.26 Å². The summed E-state index contributed by atoms with van der Waals surface area (Å²) in [5.41, 5.74) is 4.50. The van der Waals surface area contributed by atoms with Crippen molar-refractivity contribution in [2.75, 3.05) is 0 Å². The molecule has 3 aromatic carbocycles. The molecule has 0 aliphatic heterocycles. The number of para-hydroxylation sites is 1. The zero-order valence-corrected chi connectivity index (χ0v) is 18.5. The number of nitriles is 1. The third kappa shape index (κ3) is 4.70. The Labute approximate surface area is 192 Å². The van der Waals surface area contributed by atoms with Gasteiger partial charge < -0.3 is 9.88 Å². The van der Waals surface area contributed by atoms with Gasteiger partial charge in [0.05, 0.1) is 6.04 Å². The Hall–Kier alpha value is -4.17. The van der Waals surface area contributed by atoms with Crippen LogP contribution in [0, 0.1) is 24.1 Å². The van der Waals surface area contributed by atoms with Crippen LogP contribution < -0.4 is 5.32 Å². The van der Waals surface area contributed by atoms with Crippen molar-refractivity contribution in [2.45, 2.75) is 26.4 Å². The van der Waals surface area contributed by atoms with Gasteiger partial charge in [0.15, 0.2) is 0 Å². The number of amides is 1. The van der Waals surface area contributed by atoms with E-state index in [-0.39, 0.29) is 17.4 Å². The van der Waals surface area contributed by atoms with Gasteiger partial charge in [0.2, 0.25) is 0 Å². The summed E-state index contributed by atoms with van der Waals surface area (Å²) in [5, 5.41) is 13.6. The van der Waals surface area contributed by atoms with Crippen LogP contribution >= 0.6 is 0 Å². The molecule has 1 N–H and O–H groups in total. The minimum absolute atomic E-state index is 0.0366. The smallest absolute Gasteiger partial charge is 0.262 e. The third-order valence-electron chi connectivity index (χ3n) is 5.81. The quantitative estimate of drug-likeness (QED) is 0.301. The molecule has 5 heteroatoms. The minimum atomic E-state index is -0.421. The molecule has 33 heavy (non-hydrogen) atoms. The van der Waals surface area contributed by atoms with Gasteiger partial charge in [-0.3, -0.25) is 4.79 Å². The first kappa shape index (κ1) is 22.0. The first-order valence-corrected chi connectivity index (χ1v) is 10.8. The molecule has 0 saturated heterocycles. The normalized spacial score (nSPS) is 12.4. The van der Waals surface area contributed by atoms with Gasteiger partial charge in [-0.1, -0.05) is 60.7 Å². The van der Waals surface area contributed by atoms with Crippen molar-refractivity contribution in [3.8, 4) is 6.07 Å². The summed E-state index contributed by atoms with van der Waals surface area (Å²) in [6.45, 7) is 4.32. The lowest BCUT2D eigenvalue weighted by molar-refractivity contribution is -0.117. The maximum atomic E-state index is 13.7. The molecule has 0 saturated carbocycles. The molecule has 0 aliphatic carbocycles. The van der Waals surface area contributed by atoms with Crippen LogP contribution in [0.2, 0.25) is 0 Å². The number of rotatable bonds is 6. The molecule has 0 unspecified atom stereocenters. The summed E-state index contributed by atoms with van der Waals surface area (Å²) >= 11 is 0. The second-order valence-corrected chi connectivity index (χ2v) is 8.01. The van der Waals surface area contributed by atoms with Gasteiger partial charge in [-0.2, -0.15) is 5.26 Å². The monoisotopic (exact) mass is 437 g/mol. The maximum absolute atomic E-state index is 13.7. The van der Waals surface area contributed by atoms with Gasteiger partial charge in [-0.15, -0.1) is 0 Å². The summed E-state index contributed by atoms with van der Waals surface area (Å²) in [6, 6.07) is 25.8. The first-order valence-electron chi connectivity index (χ1n) is 10.8. The molecule has 0 bridgehead atoms. The lowest BCUT2D eigenvalue weighted by atomic mass is 10.1. The van der Waals surface area contributed by atoms with Crippen LogP contribution in [0.1, 0.15) is 35.3 Å². The van der Waals surface area contributed by atoms with E-state index in [2.05, 4.69) is 16.0 Å². The zero-order chi connectivity index (χ0) is 23.4. The average Bonchev–Trinajstić information content (AvgIpc) is 3.08. The van der Waals surface area contributed by atoms with Crippen LogP contribution in [0.3, 0.4) is 0 Å². The van der Waals surface area contributed by atoms with E-state index in [0.717, 1.165) is 33.3 Å². The molecule has 4 nitrogen and oxygen atoms in total. The number of nitrogens with zero attached hydrogens (tertiary/aromatic N) is 2. The van der Waals surface area contributed by atoms with Crippen molar-refractivity contribution in [2.24, 2.45) is 0 Å². The molecule has 1 atom stereocenters. The van der Waals surface area contributed by atoms with E-state index in [4.69, 9.17) is 0 Å². The molecule has 4 aromatic rings. The highest BCUT2D eigenvalue weighted by atomic mass is 19.1. The van der Waals surface area contributed by atoms with Gasteiger partial charge in [-0.05, 0) is 49.2 Å². The van der Waals surface area contributed by atoms with Gasteiger partial charge >= 0.3 is 0 Å². The molecule has 4 rings (SSSR count). The predicted octanol–water partition coefficient (Wildman–Crippen LogP) is 5.92. The summed E-state index contributed by atoms with van der Waals surface area (Å²) in [7, 11) is 0. The van der Waals surface area contributed by atoms with E-state index in [1.165, 1.54) is 12.1 Å². The van der Waals surface area contributed by atoms with Crippen molar-refractivity contribution in [1.82, 2.24) is 9.88 Å². The number of carbonyl (C=O) groups is 1. The number of nitrogens with one attached hydrogen (secondary N) is 1.